The van der Waals surface area contributed by atoms with Crippen LogP contribution in [0.25, 0.3) is 0 Å². The van der Waals surface area contributed by atoms with Crippen LogP contribution in [0.15, 0.2) is 41.8 Å². The highest BCUT2D eigenvalue weighted by molar-refractivity contribution is 7.89. The van der Waals surface area contributed by atoms with Gasteiger partial charge in [0.1, 0.15) is 22.5 Å². The molecule has 0 amide bonds. The topological polar surface area (TPSA) is 97.3 Å². The first kappa shape index (κ1) is 15.8. The molecule has 23 heavy (non-hydrogen) atoms. The van der Waals surface area contributed by atoms with Crippen molar-refractivity contribution in [1.29, 1.82) is 0 Å². The van der Waals surface area contributed by atoms with Gasteiger partial charge in [-0.3, -0.25) is 9.97 Å². The Morgan fingerprint density at radius 2 is 2.13 bits per heavy atom. The van der Waals surface area contributed by atoms with Crippen molar-refractivity contribution in [2.24, 2.45) is 0 Å². The van der Waals surface area contributed by atoms with Gasteiger partial charge < -0.3 is 10.1 Å². The zero-order valence-electron chi connectivity index (χ0n) is 12.6. The molecule has 0 unspecified atom stereocenters. The maximum atomic E-state index is 12.7. The maximum Gasteiger partial charge on any atom is 0.244 e. The second kappa shape index (κ2) is 6.57. The minimum absolute atomic E-state index is 0.175. The minimum Gasteiger partial charge on any atom is -0.372 e. The van der Waals surface area contributed by atoms with Crippen LogP contribution in [0.4, 0.5) is 5.82 Å². The van der Waals surface area contributed by atoms with E-state index in [1.165, 1.54) is 16.6 Å². The van der Waals surface area contributed by atoms with E-state index in [0.717, 1.165) is 0 Å². The lowest BCUT2D eigenvalue weighted by atomic mass is 10.2. The summed E-state index contributed by atoms with van der Waals surface area (Å²) in [7, 11) is -1.86. The van der Waals surface area contributed by atoms with Crippen molar-refractivity contribution >= 4 is 15.8 Å². The number of hydrogen-bond donors (Lipinski definition) is 1. The van der Waals surface area contributed by atoms with E-state index in [1.807, 2.05) is 0 Å². The van der Waals surface area contributed by atoms with E-state index in [0.29, 0.717) is 24.7 Å². The van der Waals surface area contributed by atoms with Crippen molar-refractivity contribution < 1.29 is 13.2 Å². The molecule has 0 saturated carbocycles. The monoisotopic (exact) mass is 335 g/mol. The predicted octanol–water partition coefficient (Wildman–Crippen LogP) is 0.675. The molecule has 8 nitrogen and oxygen atoms in total. The van der Waals surface area contributed by atoms with Crippen molar-refractivity contribution in [3.8, 4) is 0 Å². The zero-order valence-corrected chi connectivity index (χ0v) is 13.4. The van der Waals surface area contributed by atoms with Crippen LogP contribution in [0.3, 0.4) is 0 Å². The number of anilines is 1. The average molecular weight is 335 g/mol. The van der Waals surface area contributed by atoms with Gasteiger partial charge in [0, 0.05) is 44.9 Å². The van der Waals surface area contributed by atoms with Crippen LogP contribution in [0.1, 0.15) is 11.8 Å². The van der Waals surface area contributed by atoms with Crippen LogP contribution in [-0.4, -0.2) is 54.4 Å². The van der Waals surface area contributed by atoms with Gasteiger partial charge >= 0.3 is 0 Å². The summed E-state index contributed by atoms with van der Waals surface area (Å²) in [6, 6.07) is 3.14. The third-order valence-electron chi connectivity index (χ3n) is 3.57. The quantitative estimate of drug-likeness (QED) is 0.877. The normalized spacial score (nSPS) is 19.4. The lowest BCUT2D eigenvalue weighted by molar-refractivity contribution is -0.00469. The average Bonchev–Trinajstić information content (AvgIpc) is 2.62. The van der Waals surface area contributed by atoms with Gasteiger partial charge in [0.05, 0.1) is 6.61 Å². The Kier molecular flexibility index (Phi) is 4.51. The molecule has 0 radical (unpaired) electrons. The third kappa shape index (κ3) is 3.16. The Bertz CT molecular complexity index is 769. The van der Waals surface area contributed by atoms with Gasteiger partial charge in [-0.15, -0.1) is 0 Å². The van der Waals surface area contributed by atoms with Crippen LogP contribution >= 0.6 is 0 Å². The number of rotatable bonds is 4. The van der Waals surface area contributed by atoms with Crippen LogP contribution in [0, 0.1) is 0 Å². The summed E-state index contributed by atoms with van der Waals surface area (Å²) in [6.07, 6.45) is 5.56. The highest BCUT2D eigenvalue weighted by Crippen LogP contribution is 2.27. The standard InChI is InChI=1S/C14H17N5O3S/c1-15-14-13(17-5-6-18-14)12-10-19(7-8-22-12)23(20,21)11-3-2-4-16-9-11/h2-6,9,12H,7-8,10H2,1H3,(H,15,18)/t12-/m1/s1. The van der Waals surface area contributed by atoms with Crippen LogP contribution < -0.4 is 5.32 Å². The number of pyridine rings is 1. The largest absolute Gasteiger partial charge is 0.372 e. The number of sulfonamides is 1. The highest BCUT2D eigenvalue weighted by Gasteiger charge is 2.33. The SMILES string of the molecule is CNc1nccnc1[C@H]1CN(S(=O)(=O)c2cccnc2)CCO1. The summed E-state index contributed by atoms with van der Waals surface area (Å²) in [5.41, 5.74) is 0.598. The van der Waals surface area contributed by atoms with E-state index in [9.17, 15) is 8.42 Å². The summed E-state index contributed by atoms with van der Waals surface area (Å²) in [6.45, 7) is 0.775. The van der Waals surface area contributed by atoms with E-state index in [4.69, 9.17) is 4.74 Å². The Labute approximate surface area is 134 Å². The van der Waals surface area contributed by atoms with Gasteiger partial charge in [-0.25, -0.2) is 13.4 Å². The Morgan fingerprint density at radius 1 is 1.30 bits per heavy atom. The molecule has 1 aliphatic rings. The Morgan fingerprint density at radius 3 is 2.87 bits per heavy atom. The molecule has 1 atom stereocenters. The number of hydrogen-bond acceptors (Lipinski definition) is 7. The van der Waals surface area contributed by atoms with Gasteiger partial charge in [0.2, 0.25) is 10.0 Å². The number of morpholine rings is 1. The summed E-state index contributed by atoms with van der Waals surface area (Å²) in [4.78, 5) is 12.5. The molecule has 1 N–H and O–H groups in total. The lowest BCUT2D eigenvalue weighted by Crippen LogP contribution is -2.42. The van der Waals surface area contributed by atoms with Gasteiger partial charge in [0.25, 0.3) is 0 Å². The Balaban J connectivity index is 1.87. The molecule has 1 aliphatic heterocycles. The maximum absolute atomic E-state index is 12.7. The summed E-state index contributed by atoms with van der Waals surface area (Å²) < 4.78 is 32.5. The molecule has 1 saturated heterocycles. The second-order valence-corrected chi connectivity index (χ2v) is 6.89. The molecule has 3 heterocycles. The van der Waals surface area contributed by atoms with Crippen LogP contribution in [0.5, 0.6) is 0 Å². The predicted molar refractivity (Wildman–Crippen MR) is 83.3 cm³/mol. The Hall–Kier alpha value is -2.10. The van der Waals surface area contributed by atoms with Gasteiger partial charge in [-0.1, -0.05) is 0 Å². The second-order valence-electron chi connectivity index (χ2n) is 4.95. The fraction of sp³-hybridized carbons (Fsp3) is 0.357. The van der Waals surface area contributed by atoms with E-state index in [-0.39, 0.29) is 11.4 Å². The molecule has 0 aliphatic carbocycles. The fourth-order valence-corrected chi connectivity index (χ4v) is 3.82. The number of aromatic nitrogens is 3. The molecule has 2 aromatic rings. The molecule has 1 fully saturated rings. The molecule has 122 valence electrons. The van der Waals surface area contributed by atoms with Crippen LogP contribution in [0.2, 0.25) is 0 Å². The molecule has 0 spiro atoms. The van der Waals surface area contributed by atoms with Crippen molar-refractivity contribution in [1.82, 2.24) is 19.3 Å². The number of nitrogens with zero attached hydrogens (tertiary/aromatic N) is 4. The highest BCUT2D eigenvalue weighted by atomic mass is 32.2. The fourth-order valence-electron chi connectivity index (χ4n) is 2.44. The lowest BCUT2D eigenvalue weighted by Gasteiger charge is -2.32. The van der Waals surface area contributed by atoms with Gasteiger partial charge in [-0.2, -0.15) is 4.31 Å². The zero-order chi connectivity index (χ0) is 16.3. The van der Waals surface area contributed by atoms with Crippen LogP contribution in [-0.2, 0) is 14.8 Å². The van der Waals surface area contributed by atoms with E-state index >= 15 is 0 Å². The van der Waals surface area contributed by atoms with E-state index in [1.54, 1.807) is 31.7 Å². The van der Waals surface area contributed by atoms with Crippen molar-refractivity contribution in [2.75, 3.05) is 32.1 Å². The smallest absolute Gasteiger partial charge is 0.244 e. The molecule has 9 heteroatoms. The van der Waals surface area contributed by atoms with Gasteiger partial charge in [0.15, 0.2) is 0 Å². The minimum atomic E-state index is -3.60. The molecule has 0 aromatic carbocycles. The first-order valence-corrected chi connectivity index (χ1v) is 8.57. The molecule has 2 aromatic heterocycles. The molecule has 3 rings (SSSR count). The van der Waals surface area contributed by atoms with Crippen molar-refractivity contribution in [3.05, 3.63) is 42.6 Å². The first-order chi connectivity index (χ1) is 11.1. The number of ether oxygens (including phenoxy) is 1. The van der Waals surface area contributed by atoms with Gasteiger partial charge in [-0.05, 0) is 12.1 Å². The first-order valence-electron chi connectivity index (χ1n) is 7.13. The molecular weight excluding hydrogens is 318 g/mol. The van der Waals surface area contributed by atoms with Crippen molar-refractivity contribution in [2.45, 2.75) is 11.0 Å². The summed E-state index contributed by atoms with van der Waals surface area (Å²) in [5, 5.41) is 2.95. The van der Waals surface area contributed by atoms with E-state index in [2.05, 4.69) is 20.3 Å². The molecule has 0 bridgehead atoms. The number of nitrogens with one attached hydrogen (secondary N) is 1. The summed E-state index contributed by atoms with van der Waals surface area (Å²) in [5.74, 6) is 0.582. The third-order valence-corrected chi connectivity index (χ3v) is 5.42. The summed E-state index contributed by atoms with van der Waals surface area (Å²) >= 11 is 0. The van der Waals surface area contributed by atoms with E-state index < -0.39 is 16.1 Å². The van der Waals surface area contributed by atoms with Crippen molar-refractivity contribution in [3.63, 3.8) is 0 Å². The molecular formula is C14H17N5O3S.